The Kier molecular flexibility index (Phi) is 3.59. The van der Waals surface area contributed by atoms with E-state index < -0.39 is 0 Å². The molecule has 0 saturated carbocycles. The van der Waals surface area contributed by atoms with E-state index >= 15 is 0 Å². The molecule has 1 fully saturated rings. The molecular weight excluding hydrogens is 302 g/mol. The summed E-state index contributed by atoms with van der Waals surface area (Å²) in [4.78, 5) is 24.0. The first kappa shape index (κ1) is 14.9. The molecule has 6 nitrogen and oxygen atoms in total. The number of aryl methyl sites for hydroxylation is 2. The van der Waals surface area contributed by atoms with Gasteiger partial charge in [-0.15, -0.1) is 0 Å². The Morgan fingerprint density at radius 2 is 2.17 bits per heavy atom. The second kappa shape index (κ2) is 5.78. The van der Waals surface area contributed by atoms with Crippen molar-refractivity contribution in [2.75, 3.05) is 6.54 Å². The summed E-state index contributed by atoms with van der Waals surface area (Å²) >= 11 is 0. The van der Waals surface area contributed by atoms with E-state index in [1.165, 1.54) is 0 Å². The maximum absolute atomic E-state index is 13.0. The highest BCUT2D eigenvalue weighted by Crippen LogP contribution is 2.31. The number of carbonyl (C=O) groups excluding carboxylic acids is 1. The Hall–Kier alpha value is -2.63. The second-order valence-electron chi connectivity index (χ2n) is 6.43. The number of fused-ring (bicyclic) bond motifs is 1. The number of piperidine rings is 1. The molecule has 0 N–H and O–H groups in total. The van der Waals surface area contributed by atoms with Gasteiger partial charge in [0.2, 0.25) is 5.78 Å². The number of likely N-dealkylation sites (tertiary alicyclic amines) is 1. The molecule has 1 aliphatic heterocycles. The average Bonchev–Trinajstić information content (AvgIpc) is 3.23. The quantitative estimate of drug-likeness (QED) is 0.728. The minimum Gasteiger partial charge on any atom is -0.347 e. The van der Waals surface area contributed by atoms with Gasteiger partial charge in [-0.2, -0.15) is 0 Å². The lowest BCUT2D eigenvalue weighted by atomic mass is 9.98. The van der Waals surface area contributed by atoms with E-state index in [1.807, 2.05) is 52.4 Å². The summed E-state index contributed by atoms with van der Waals surface area (Å²) in [6.07, 6.45) is 8.67. The fourth-order valence-electron chi connectivity index (χ4n) is 3.57. The van der Waals surface area contributed by atoms with Crippen LogP contribution in [0.5, 0.6) is 0 Å². The van der Waals surface area contributed by atoms with Crippen molar-refractivity contribution in [1.29, 1.82) is 0 Å². The number of carbonyl (C=O) groups is 1. The molecule has 0 bridgehead atoms. The number of hydrogen-bond acceptors (Lipinski definition) is 3. The minimum absolute atomic E-state index is 0.0153. The molecule has 1 saturated heterocycles. The van der Waals surface area contributed by atoms with Gasteiger partial charge in [-0.25, -0.2) is 9.97 Å². The molecule has 124 valence electrons. The monoisotopic (exact) mass is 323 g/mol. The molecule has 0 radical (unpaired) electrons. The smallest absolute Gasteiger partial charge is 0.271 e. The molecule has 6 heteroatoms. The molecule has 0 aromatic carbocycles. The van der Waals surface area contributed by atoms with Crippen molar-refractivity contribution in [3.63, 3.8) is 0 Å². The summed E-state index contributed by atoms with van der Waals surface area (Å²) < 4.78 is 3.85. The Balaban J connectivity index is 1.73. The summed E-state index contributed by atoms with van der Waals surface area (Å²) in [7, 11) is 1.91. The fourth-order valence-corrected chi connectivity index (χ4v) is 3.57. The molecule has 3 aromatic heterocycles. The first-order valence-electron chi connectivity index (χ1n) is 8.38. The predicted molar refractivity (Wildman–Crippen MR) is 90.8 cm³/mol. The standard InChI is InChI=1S/C18H21N5O/c1-13-12-14(20-18-19-8-11-22(13)18)15-6-3-4-10-23(15)17(24)16-7-5-9-21(16)2/h5,7-9,11-12,15H,3-4,6,10H2,1-2H3/t15-/m1/s1. The molecule has 1 aliphatic rings. The van der Waals surface area contributed by atoms with Gasteiger partial charge in [0.25, 0.3) is 5.91 Å². The van der Waals surface area contributed by atoms with Gasteiger partial charge >= 0.3 is 0 Å². The normalized spacial score (nSPS) is 18.2. The van der Waals surface area contributed by atoms with Gasteiger partial charge in [0.15, 0.2) is 0 Å². The van der Waals surface area contributed by atoms with Crippen molar-refractivity contribution < 1.29 is 4.79 Å². The van der Waals surface area contributed by atoms with Crippen LogP contribution in [0.25, 0.3) is 5.78 Å². The van der Waals surface area contributed by atoms with Crippen molar-refractivity contribution >= 4 is 11.7 Å². The number of imidazole rings is 1. The Morgan fingerprint density at radius 3 is 2.96 bits per heavy atom. The Morgan fingerprint density at radius 1 is 1.29 bits per heavy atom. The van der Waals surface area contributed by atoms with Gasteiger partial charge in [-0.1, -0.05) is 0 Å². The maximum atomic E-state index is 13.0. The number of aromatic nitrogens is 4. The zero-order valence-electron chi connectivity index (χ0n) is 14.0. The topological polar surface area (TPSA) is 55.4 Å². The third-order valence-electron chi connectivity index (χ3n) is 4.86. The van der Waals surface area contributed by atoms with Gasteiger partial charge in [0, 0.05) is 37.9 Å². The summed E-state index contributed by atoms with van der Waals surface area (Å²) in [5.41, 5.74) is 2.75. The van der Waals surface area contributed by atoms with Gasteiger partial charge in [0.05, 0.1) is 11.7 Å². The van der Waals surface area contributed by atoms with E-state index in [0.29, 0.717) is 5.78 Å². The number of hydrogen-bond donors (Lipinski definition) is 0. The zero-order chi connectivity index (χ0) is 16.7. The van der Waals surface area contributed by atoms with Gasteiger partial charge < -0.3 is 9.47 Å². The molecule has 4 rings (SSSR count). The van der Waals surface area contributed by atoms with Crippen LogP contribution in [0, 0.1) is 6.92 Å². The molecule has 0 aliphatic carbocycles. The highest BCUT2D eigenvalue weighted by molar-refractivity contribution is 5.93. The van der Waals surface area contributed by atoms with Crippen molar-refractivity contribution in [3.05, 3.63) is 53.9 Å². The number of rotatable bonds is 2. The summed E-state index contributed by atoms with van der Waals surface area (Å²) in [6.45, 7) is 2.82. The van der Waals surface area contributed by atoms with Crippen LogP contribution in [0.15, 0.2) is 36.8 Å². The van der Waals surface area contributed by atoms with E-state index in [0.717, 1.165) is 42.9 Å². The van der Waals surface area contributed by atoms with Crippen LogP contribution in [0.1, 0.15) is 47.2 Å². The summed E-state index contributed by atoms with van der Waals surface area (Å²) in [6, 6.07) is 5.88. The van der Waals surface area contributed by atoms with Crippen molar-refractivity contribution in [1.82, 2.24) is 23.8 Å². The third-order valence-corrected chi connectivity index (χ3v) is 4.86. The molecular formula is C18H21N5O. The molecule has 4 heterocycles. The van der Waals surface area contributed by atoms with Crippen LogP contribution in [-0.4, -0.2) is 36.3 Å². The Bertz CT molecular complexity index is 894. The lowest BCUT2D eigenvalue weighted by Crippen LogP contribution is -2.39. The predicted octanol–water partition coefficient (Wildman–Crippen LogP) is 2.74. The lowest BCUT2D eigenvalue weighted by Gasteiger charge is -2.35. The largest absolute Gasteiger partial charge is 0.347 e. The maximum Gasteiger partial charge on any atom is 0.271 e. The van der Waals surface area contributed by atoms with Crippen LogP contribution in [-0.2, 0) is 7.05 Å². The van der Waals surface area contributed by atoms with Crippen LogP contribution in [0.3, 0.4) is 0 Å². The SMILES string of the molecule is Cc1cc([C@H]2CCCCN2C(=O)c2cccn2C)nc2nccn12. The van der Waals surface area contributed by atoms with Crippen molar-refractivity contribution in [2.24, 2.45) is 7.05 Å². The summed E-state index contributed by atoms with van der Waals surface area (Å²) in [5, 5.41) is 0. The first-order valence-corrected chi connectivity index (χ1v) is 8.38. The summed E-state index contributed by atoms with van der Waals surface area (Å²) in [5.74, 6) is 0.775. The number of nitrogens with zero attached hydrogens (tertiary/aromatic N) is 5. The lowest BCUT2D eigenvalue weighted by molar-refractivity contribution is 0.0596. The number of amides is 1. The first-order chi connectivity index (χ1) is 11.6. The zero-order valence-corrected chi connectivity index (χ0v) is 14.0. The highest BCUT2D eigenvalue weighted by atomic mass is 16.2. The fraction of sp³-hybridized carbons (Fsp3) is 0.389. The van der Waals surface area contributed by atoms with E-state index in [-0.39, 0.29) is 11.9 Å². The molecule has 0 unspecified atom stereocenters. The van der Waals surface area contributed by atoms with E-state index in [9.17, 15) is 4.79 Å². The van der Waals surface area contributed by atoms with Crippen LogP contribution < -0.4 is 0 Å². The Labute approximate surface area is 140 Å². The molecule has 0 spiro atoms. The molecule has 24 heavy (non-hydrogen) atoms. The van der Waals surface area contributed by atoms with E-state index in [4.69, 9.17) is 4.98 Å². The molecule has 3 aromatic rings. The molecule has 1 amide bonds. The van der Waals surface area contributed by atoms with Crippen molar-refractivity contribution in [3.8, 4) is 0 Å². The van der Waals surface area contributed by atoms with Crippen molar-refractivity contribution in [2.45, 2.75) is 32.2 Å². The average molecular weight is 323 g/mol. The highest BCUT2D eigenvalue weighted by Gasteiger charge is 2.31. The van der Waals surface area contributed by atoms with Gasteiger partial charge in [-0.05, 0) is 44.4 Å². The van der Waals surface area contributed by atoms with Crippen LogP contribution in [0.4, 0.5) is 0 Å². The molecule has 1 atom stereocenters. The van der Waals surface area contributed by atoms with E-state index in [2.05, 4.69) is 11.1 Å². The van der Waals surface area contributed by atoms with Gasteiger partial charge in [-0.3, -0.25) is 9.20 Å². The van der Waals surface area contributed by atoms with Crippen LogP contribution in [0.2, 0.25) is 0 Å². The van der Waals surface area contributed by atoms with Crippen LogP contribution >= 0.6 is 0 Å². The second-order valence-corrected chi connectivity index (χ2v) is 6.43. The van der Waals surface area contributed by atoms with Gasteiger partial charge in [0.1, 0.15) is 5.69 Å². The minimum atomic E-state index is 0.0153. The third kappa shape index (κ3) is 2.38. The van der Waals surface area contributed by atoms with E-state index in [1.54, 1.807) is 6.20 Å².